The van der Waals surface area contributed by atoms with Crippen LogP contribution in [0.3, 0.4) is 0 Å². The lowest BCUT2D eigenvalue weighted by Crippen LogP contribution is -1.85. The first-order valence-electron chi connectivity index (χ1n) is 6.48. The summed E-state index contributed by atoms with van der Waals surface area (Å²) in [5.74, 6) is 0.788. The van der Waals surface area contributed by atoms with Crippen molar-refractivity contribution in [1.82, 2.24) is 0 Å². The normalized spacial score (nSPS) is 16.5. The van der Waals surface area contributed by atoms with Crippen LogP contribution < -0.4 is 0 Å². The van der Waals surface area contributed by atoms with Gasteiger partial charge in [0.25, 0.3) is 0 Å². The average Bonchev–Trinajstić information content (AvgIpc) is 2.75. The van der Waals surface area contributed by atoms with Crippen molar-refractivity contribution in [2.45, 2.75) is 58.3 Å². The Morgan fingerprint density at radius 1 is 1.12 bits per heavy atom. The molecule has 0 aliphatic heterocycles. The summed E-state index contributed by atoms with van der Waals surface area (Å²) in [6, 6.07) is 6.90. The standard InChI is InChI=1S/C11H14S.2C2H6/c1-8-3-4-9-7-10(12-2)5-6-11(8)9;2*1-2/h5-8H,3-4H2,1-2H3;2*1-2H3. The summed E-state index contributed by atoms with van der Waals surface area (Å²) in [6.07, 6.45) is 4.76. The van der Waals surface area contributed by atoms with E-state index in [0.717, 1.165) is 5.92 Å². The molecule has 0 N–H and O–H groups in total. The molecule has 1 aromatic rings. The Labute approximate surface area is 106 Å². The minimum atomic E-state index is 0.788. The fourth-order valence-electron chi connectivity index (χ4n) is 1.93. The molecule has 1 aliphatic rings. The highest BCUT2D eigenvalue weighted by atomic mass is 32.2. The Balaban J connectivity index is 0.000000509. The molecule has 0 saturated carbocycles. The predicted molar refractivity (Wildman–Crippen MR) is 77.7 cm³/mol. The molecule has 16 heavy (non-hydrogen) atoms. The van der Waals surface area contributed by atoms with Gasteiger partial charge in [0.15, 0.2) is 0 Å². The van der Waals surface area contributed by atoms with Crippen LogP contribution in [0.1, 0.15) is 58.1 Å². The van der Waals surface area contributed by atoms with Gasteiger partial charge in [-0.1, -0.05) is 40.7 Å². The summed E-state index contributed by atoms with van der Waals surface area (Å²) in [5, 5.41) is 0. The number of benzene rings is 1. The molecule has 2 rings (SSSR count). The third-order valence-corrected chi connectivity index (χ3v) is 3.45. The lowest BCUT2D eigenvalue weighted by atomic mass is 10.0. The maximum absolute atomic E-state index is 2.35. The first-order chi connectivity index (χ1) is 7.81. The number of aryl methyl sites for hydroxylation is 1. The molecule has 1 atom stereocenters. The van der Waals surface area contributed by atoms with Crippen molar-refractivity contribution >= 4 is 11.8 Å². The van der Waals surface area contributed by atoms with Crippen molar-refractivity contribution in [3.8, 4) is 0 Å². The highest BCUT2D eigenvalue weighted by Gasteiger charge is 2.17. The fourth-order valence-corrected chi connectivity index (χ4v) is 2.40. The molecule has 0 spiro atoms. The van der Waals surface area contributed by atoms with Gasteiger partial charge in [0.05, 0.1) is 0 Å². The first kappa shape index (κ1) is 15.6. The van der Waals surface area contributed by atoms with Gasteiger partial charge in [-0.3, -0.25) is 0 Å². The highest BCUT2D eigenvalue weighted by molar-refractivity contribution is 7.98. The largest absolute Gasteiger partial charge is 0.130 e. The zero-order valence-corrected chi connectivity index (χ0v) is 12.4. The van der Waals surface area contributed by atoms with Crippen LogP contribution in [-0.4, -0.2) is 6.26 Å². The molecular weight excluding hydrogens is 212 g/mol. The van der Waals surface area contributed by atoms with Crippen LogP contribution in [-0.2, 0) is 6.42 Å². The number of fused-ring (bicyclic) bond motifs is 1. The molecule has 0 saturated heterocycles. The van der Waals surface area contributed by atoms with E-state index in [0.29, 0.717) is 0 Å². The Kier molecular flexibility index (Phi) is 8.46. The Bertz CT molecular complexity index is 291. The monoisotopic (exact) mass is 238 g/mol. The second-order valence-electron chi connectivity index (χ2n) is 3.50. The van der Waals surface area contributed by atoms with Crippen LogP contribution in [0.5, 0.6) is 0 Å². The van der Waals surface area contributed by atoms with E-state index < -0.39 is 0 Å². The van der Waals surface area contributed by atoms with Gasteiger partial charge in [0, 0.05) is 4.90 Å². The van der Waals surface area contributed by atoms with E-state index in [1.165, 1.54) is 17.7 Å². The minimum absolute atomic E-state index is 0.788. The second-order valence-corrected chi connectivity index (χ2v) is 4.38. The van der Waals surface area contributed by atoms with Crippen LogP contribution in [0.2, 0.25) is 0 Å². The van der Waals surface area contributed by atoms with Crippen LogP contribution >= 0.6 is 11.8 Å². The summed E-state index contributed by atoms with van der Waals surface area (Å²) >= 11 is 1.84. The summed E-state index contributed by atoms with van der Waals surface area (Å²) in [5.41, 5.74) is 3.15. The Hall–Kier alpha value is -0.430. The molecule has 1 aromatic carbocycles. The van der Waals surface area contributed by atoms with Crippen molar-refractivity contribution in [1.29, 1.82) is 0 Å². The third kappa shape index (κ3) is 3.86. The van der Waals surface area contributed by atoms with E-state index in [1.807, 2.05) is 39.5 Å². The van der Waals surface area contributed by atoms with E-state index in [-0.39, 0.29) is 0 Å². The van der Waals surface area contributed by atoms with E-state index in [4.69, 9.17) is 0 Å². The summed E-state index contributed by atoms with van der Waals surface area (Å²) in [4.78, 5) is 1.41. The smallest absolute Gasteiger partial charge is 0.00720 e. The quantitative estimate of drug-likeness (QED) is 0.581. The summed E-state index contributed by atoms with van der Waals surface area (Å²) in [7, 11) is 0. The van der Waals surface area contributed by atoms with Crippen molar-refractivity contribution in [2.24, 2.45) is 0 Å². The maximum atomic E-state index is 2.35. The third-order valence-electron chi connectivity index (χ3n) is 2.73. The van der Waals surface area contributed by atoms with Crippen molar-refractivity contribution < 1.29 is 0 Å². The van der Waals surface area contributed by atoms with Gasteiger partial charge in [-0.05, 0) is 48.3 Å². The van der Waals surface area contributed by atoms with Gasteiger partial charge in [-0.2, -0.15) is 0 Å². The predicted octanol–water partition coefficient (Wildman–Crippen LogP) is 5.51. The molecule has 0 radical (unpaired) electrons. The lowest BCUT2D eigenvalue weighted by Gasteiger charge is -2.04. The van der Waals surface area contributed by atoms with Gasteiger partial charge < -0.3 is 0 Å². The summed E-state index contributed by atoms with van der Waals surface area (Å²) in [6.45, 7) is 10.3. The van der Waals surface area contributed by atoms with Gasteiger partial charge in [0.2, 0.25) is 0 Å². The number of hydrogen-bond donors (Lipinski definition) is 0. The molecule has 0 fully saturated rings. The molecule has 1 unspecified atom stereocenters. The Morgan fingerprint density at radius 2 is 1.75 bits per heavy atom. The lowest BCUT2D eigenvalue weighted by molar-refractivity contribution is 0.747. The maximum Gasteiger partial charge on any atom is 0.00720 e. The molecule has 1 aliphatic carbocycles. The molecule has 0 heterocycles. The first-order valence-corrected chi connectivity index (χ1v) is 7.70. The number of thioether (sulfide) groups is 1. The van der Waals surface area contributed by atoms with Gasteiger partial charge in [-0.15, -0.1) is 11.8 Å². The van der Waals surface area contributed by atoms with Gasteiger partial charge >= 0.3 is 0 Å². The SMILES string of the molecule is CC.CC.CSc1ccc2c(c1)CCC2C. The van der Waals surface area contributed by atoms with Crippen molar-refractivity contribution in [3.63, 3.8) is 0 Å². The van der Waals surface area contributed by atoms with Gasteiger partial charge in [-0.25, -0.2) is 0 Å². The van der Waals surface area contributed by atoms with Crippen LogP contribution in [0.15, 0.2) is 23.1 Å². The van der Waals surface area contributed by atoms with E-state index in [9.17, 15) is 0 Å². The number of hydrogen-bond acceptors (Lipinski definition) is 1. The van der Waals surface area contributed by atoms with Crippen molar-refractivity contribution in [3.05, 3.63) is 29.3 Å². The van der Waals surface area contributed by atoms with E-state index in [2.05, 4.69) is 31.4 Å². The minimum Gasteiger partial charge on any atom is -0.130 e. The van der Waals surface area contributed by atoms with Crippen LogP contribution in [0.25, 0.3) is 0 Å². The zero-order valence-electron chi connectivity index (χ0n) is 11.6. The van der Waals surface area contributed by atoms with E-state index >= 15 is 0 Å². The second kappa shape index (κ2) is 8.69. The fraction of sp³-hybridized carbons (Fsp3) is 0.600. The average molecular weight is 238 g/mol. The van der Waals surface area contributed by atoms with Crippen LogP contribution in [0.4, 0.5) is 0 Å². The molecule has 92 valence electrons. The molecule has 0 amide bonds. The highest BCUT2D eigenvalue weighted by Crippen LogP contribution is 2.34. The Morgan fingerprint density at radius 3 is 2.31 bits per heavy atom. The zero-order chi connectivity index (χ0) is 12.6. The molecule has 0 nitrogen and oxygen atoms in total. The molecular formula is C15H26S. The molecule has 0 bridgehead atoms. The number of rotatable bonds is 1. The topological polar surface area (TPSA) is 0 Å². The van der Waals surface area contributed by atoms with Crippen molar-refractivity contribution in [2.75, 3.05) is 6.26 Å². The van der Waals surface area contributed by atoms with Crippen LogP contribution in [0, 0.1) is 0 Å². The molecule has 1 heteroatoms. The molecule has 0 aromatic heterocycles. The van der Waals surface area contributed by atoms with E-state index in [1.54, 1.807) is 11.1 Å². The summed E-state index contributed by atoms with van der Waals surface area (Å²) < 4.78 is 0. The van der Waals surface area contributed by atoms with Gasteiger partial charge in [0.1, 0.15) is 0 Å².